The van der Waals surface area contributed by atoms with Crippen LogP contribution in [0.2, 0.25) is 0 Å². The summed E-state index contributed by atoms with van der Waals surface area (Å²) in [6.07, 6.45) is 3.53. The first-order valence-corrected chi connectivity index (χ1v) is 12.1. The second-order valence-corrected chi connectivity index (χ2v) is 10.9. The maximum Gasteiger partial charge on any atom is 0.210 e. The first kappa shape index (κ1) is 22.0. The van der Waals surface area contributed by atoms with Gasteiger partial charge in [-0.15, -0.1) is 0 Å². The van der Waals surface area contributed by atoms with Gasteiger partial charge in [0.2, 0.25) is 5.79 Å². The van der Waals surface area contributed by atoms with Crippen LogP contribution in [-0.2, 0) is 21.4 Å². The maximum absolute atomic E-state index is 12.2. The number of aromatic amines is 1. The third-order valence-corrected chi connectivity index (χ3v) is 7.96. The third-order valence-electron chi connectivity index (χ3n) is 5.79. The second-order valence-electron chi connectivity index (χ2n) is 8.38. The van der Waals surface area contributed by atoms with E-state index in [0.29, 0.717) is 0 Å². The summed E-state index contributed by atoms with van der Waals surface area (Å²) in [6, 6.07) is 13.3. The smallest absolute Gasteiger partial charge is 0.210 e. The Morgan fingerprint density at radius 3 is 2.56 bits per heavy atom. The Kier molecular flexibility index (Phi) is 5.56. The van der Waals surface area contributed by atoms with E-state index in [4.69, 9.17) is 5.73 Å². The summed E-state index contributed by atoms with van der Waals surface area (Å²) in [7, 11) is -1.23. The van der Waals surface area contributed by atoms with E-state index in [9.17, 15) is 8.42 Å². The molecule has 1 aliphatic heterocycles. The first-order chi connectivity index (χ1) is 15.1. The van der Waals surface area contributed by atoms with Crippen molar-refractivity contribution in [3.8, 4) is 0 Å². The topological polar surface area (TPSA) is 116 Å². The quantitative estimate of drug-likeness (QED) is 0.529. The van der Waals surface area contributed by atoms with Gasteiger partial charge in [0.15, 0.2) is 9.84 Å². The van der Waals surface area contributed by atoms with Crippen LogP contribution in [0.25, 0.3) is 10.9 Å². The maximum atomic E-state index is 12.2. The average molecular weight is 453 g/mol. The van der Waals surface area contributed by atoms with Gasteiger partial charge in [0, 0.05) is 35.6 Å². The highest BCUT2D eigenvalue weighted by Gasteiger charge is 2.30. The van der Waals surface area contributed by atoms with Gasteiger partial charge >= 0.3 is 0 Å². The molecule has 0 aliphatic carbocycles. The van der Waals surface area contributed by atoms with Gasteiger partial charge in [-0.3, -0.25) is 10.8 Å². The van der Waals surface area contributed by atoms with Crippen LogP contribution in [-0.4, -0.2) is 37.1 Å². The normalized spacial score (nSPS) is 18.6. The number of nitrogens with two attached hydrogens (primary N) is 1. The zero-order chi connectivity index (χ0) is 23.1. The zero-order valence-corrected chi connectivity index (χ0v) is 19.4. The summed E-state index contributed by atoms with van der Waals surface area (Å²) in [5.41, 5.74) is 10.9. The Morgan fingerprint density at radius 2 is 1.88 bits per heavy atom. The van der Waals surface area contributed by atoms with Gasteiger partial charge in [-0.2, -0.15) is 5.10 Å². The number of aromatic nitrogens is 2. The van der Waals surface area contributed by atoms with Crippen LogP contribution in [0.15, 0.2) is 59.4 Å². The number of allylic oxidation sites excluding steroid dienone is 1. The van der Waals surface area contributed by atoms with Crippen molar-refractivity contribution in [2.24, 2.45) is 10.7 Å². The van der Waals surface area contributed by atoms with E-state index < -0.39 is 20.9 Å². The summed E-state index contributed by atoms with van der Waals surface area (Å²) < 4.78 is 24.4. The molecule has 0 radical (unpaired) electrons. The van der Waals surface area contributed by atoms with Crippen LogP contribution in [0.5, 0.6) is 0 Å². The number of H-pyrrole nitrogens is 1. The number of benzene rings is 2. The molecule has 2 heterocycles. The molecule has 1 aliphatic rings. The standard InChI is InChI=1S/C23H28N6O2S/c1-15(2)32(30,31)14-17-5-7-18(8-6-17)23(24)25-12-11-22(26-23)29(4)19-9-10-20-16(3)27-28-21(20)13-19/h5-13,15,26H,14,24H2,1-4H3,(H,27,28). The summed E-state index contributed by atoms with van der Waals surface area (Å²) in [5, 5.41) is 11.3. The highest BCUT2D eigenvalue weighted by molar-refractivity contribution is 7.91. The molecule has 4 rings (SSSR count). The van der Waals surface area contributed by atoms with Crippen molar-refractivity contribution in [1.82, 2.24) is 15.5 Å². The largest absolute Gasteiger partial charge is 0.331 e. The molecule has 1 aromatic heterocycles. The SMILES string of the molecule is Cc1[nH]nc2cc(N(C)C3=CC=NC(N)(c4ccc(CS(=O)(=O)C(C)C)cc4)N3)ccc12. The number of nitrogens with one attached hydrogen (secondary N) is 2. The molecule has 2 aromatic carbocycles. The Bertz CT molecular complexity index is 1310. The van der Waals surface area contributed by atoms with Crippen molar-refractivity contribution in [2.75, 3.05) is 11.9 Å². The number of rotatable bonds is 6. The number of anilines is 1. The molecular weight excluding hydrogens is 424 g/mol. The number of aliphatic imine (C=N–C) groups is 1. The molecule has 0 spiro atoms. The lowest BCUT2D eigenvalue weighted by molar-refractivity contribution is 0.392. The van der Waals surface area contributed by atoms with Gasteiger partial charge in [0.1, 0.15) is 5.82 Å². The van der Waals surface area contributed by atoms with E-state index in [0.717, 1.165) is 39.2 Å². The summed E-state index contributed by atoms with van der Waals surface area (Å²) in [4.78, 5) is 6.43. The van der Waals surface area contributed by atoms with Crippen LogP contribution in [0.3, 0.4) is 0 Å². The van der Waals surface area contributed by atoms with Crippen molar-refractivity contribution < 1.29 is 8.42 Å². The van der Waals surface area contributed by atoms with Crippen molar-refractivity contribution in [3.63, 3.8) is 0 Å². The molecule has 0 amide bonds. The van der Waals surface area contributed by atoms with E-state index in [1.54, 1.807) is 32.2 Å². The Morgan fingerprint density at radius 1 is 1.16 bits per heavy atom. The van der Waals surface area contributed by atoms with Crippen molar-refractivity contribution in [2.45, 2.75) is 37.6 Å². The predicted octanol–water partition coefficient (Wildman–Crippen LogP) is 2.92. The number of sulfone groups is 1. The molecule has 32 heavy (non-hydrogen) atoms. The molecule has 9 heteroatoms. The van der Waals surface area contributed by atoms with Crippen LogP contribution in [0, 0.1) is 6.92 Å². The fourth-order valence-corrected chi connectivity index (χ4v) is 4.56. The van der Waals surface area contributed by atoms with Crippen LogP contribution < -0.4 is 16.0 Å². The number of fused-ring (bicyclic) bond motifs is 1. The molecule has 4 N–H and O–H groups in total. The highest BCUT2D eigenvalue weighted by Crippen LogP contribution is 2.27. The van der Waals surface area contributed by atoms with E-state index in [1.807, 2.05) is 55.3 Å². The van der Waals surface area contributed by atoms with E-state index >= 15 is 0 Å². The zero-order valence-electron chi connectivity index (χ0n) is 18.6. The van der Waals surface area contributed by atoms with Crippen molar-refractivity contribution in [3.05, 3.63) is 71.2 Å². The van der Waals surface area contributed by atoms with Gasteiger partial charge in [0.05, 0.1) is 16.5 Å². The number of nitrogens with zero attached hydrogens (tertiary/aromatic N) is 3. The number of aryl methyl sites for hydroxylation is 1. The predicted molar refractivity (Wildman–Crippen MR) is 129 cm³/mol. The summed E-state index contributed by atoms with van der Waals surface area (Å²) in [6.45, 7) is 5.37. The van der Waals surface area contributed by atoms with Crippen molar-refractivity contribution >= 4 is 32.6 Å². The fourth-order valence-electron chi connectivity index (χ4n) is 3.57. The highest BCUT2D eigenvalue weighted by atomic mass is 32.2. The lowest BCUT2D eigenvalue weighted by Gasteiger charge is -2.35. The molecule has 0 bridgehead atoms. The van der Waals surface area contributed by atoms with Crippen molar-refractivity contribution in [1.29, 1.82) is 0 Å². The van der Waals surface area contributed by atoms with Gasteiger partial charge in [0.25, 0.3) is 0 Å². The molecule has 1 atom stereocenters. The molecule has 1 unspecified atom stereocenters. The molecule has 0 saturated carbocycles. The monoisotopic (exact) mass is 452 g/mol. The third kappa shape index (κ3) is 4.13. The van der Waals surface area contributed by atoms with Gasteiger partial charge in [-0.1, -0.05) is 24.3 Å². The molecule has 0 saturated heterocycles. The van der Waals surface area contributed by atoms with Gasteiger partial charge < -0.3 is 10.2 Å². The summed E-state index contributed by atoms with van der Waals surface area (Å²) in [5.74, 6) is -0.385. The van der Waals surface area contributed by atoms with E-state index in [1.165, 1.54) is 0 Å². The number of hydrogen-bond donors (Lipinski definition) is 3. The van der Waals surface area contributed by atoms with Gasteiger partial charge in [-0.05, 0) is 50.6 Å². The molecule has 168 valence electrons. The Labute approximate surface area is 188 Å². The molecule has 0 fully saturated rings. The Hall–Kier alpha value is -3.17. The summed E-state index contributed by atoms with van der Waals surface area (Å²) >= 11 is 0. The van der Waals surface area contributed by atoms with Crippen LogP contribution in [0.4, 0.5) is 5.69 Å². The van der Waals surface area contributed by atoms with Gasteiger partial charge in [-0.25, -0.2) is 13.4 Å². The fraction of sp³-hybridized carbons (Fsp3) is 0.304. The minimum Gasteiger partial charge on any atom is -0.331 e. The second kappa shape index (κ2) is 8.07. The lowest BCUT2D eigenvalue weighted by Crippen LogP contribution is -2.52. The van der Waals surface area contributed by atoms with Crippen LogP contribution >= 0.6 is 0 Å². The van der Waals surface area contributed by atoms with Crippen LogP contribution in [0.1, 0.15) is 30.7 Å². The average Bonchev–Trinajstić information content (AvgIpc) is 3.13. The van der Waals surface area contributed by atoms with E-state index in [2.05, 4.69) is 20.5 Å². The van der Waals surface area contributed by atoms with E-state index in [-0.39, 0.29) is 5.75 Å². The molecule has 3 aromatic rings. The Balaban J connectivity index is 1.54. The molecule has 8 nitrogen and oxygen atoms in total. The lowest BCUT2D eigenvalue weighted by atomic mass is 10.1. The number of hydrogen-bond acceptors (Lipinski definition) is 7. The minimum absolute atomic E-state index is 0.00223. The molecular formula is C23H28N6O2S. The first-order valence-electron chi connectivity index (χ1n) is 10.4. The minimum atomic E-state index is -3.17.